The lowest BCUT2D eigenvalue weighted by molar-refractivity contribution is -0.138. The number of hydrogen-bond donors (Lipinski definition) is 3. The minimum Gasteiger partial charge on any atom is -0.341 e. The number of benzene rings is 3. The third-order valence-electron chi connectivity index (χ3n) is 7.05. The zero-order valence-corrected chi connectivity index (χ0v) is 26.6. The van der Waals surface area contributed by atoms with Crippen LogP contribution in [0.1, 0.15) is 45.8 Å². The molecular formula is C28H23BrClF3N4O5S2. The highest BCUT2D eigenvalue weighted by atomic mass is 79.9. The molecule has 1 fully saturated rings. The Balaban J connectivity index is 1.50. The summed E-state index contributed by atoms with van der Waals surface area (Å²) in [6, 6.07) is 13.0. The number of aryl methyl sites for hydroxylation is 1. The van der Waals surface area contributed by atoms with E-state index in [2.05, 4.69) is 30.6 Å². The van der Waals surface area contributed by atoms with Crippen LogP contribution in [-0.2, 0) is 37.4 Å². The van der Waals surface area contributed by atoms with Crippen molar-refractivity contribution in [2.75, 3.05) is 0 Å². The summed E-state index contributed by atoms with van der Waals surface area (Å²) in [4.78, 5) is 18.5. The maximum Gasteiger partial charge on any atom is 0.417 e. The Hall–Kier alpha value is -3.24. The van der Waals surface area contributed by atoms with Crippen molar-refractivity contribution in [3.05, 3.63) is 104 Å². The van der Waals surface area contributed by atoms with Gasteiger partial charge < -0.3 is 4.98 Å². The highest BCUT2D eigenvalue weighted by molar-refractivity contribution is 9.10. The number of sulfonamides is 2. The molecule has 5 rings (SSSR count). The molecule has 16 heteroatoms. The Labute approximate surface area is 264 Å². The number of aromatic nitrogens is 2. The molecule has 1 aromatic heterocycles. The lowest BCUT2D eigenvalue weighted by Crippen LogP contribution is -2.31. The number of amides is 1. The summed E-state index contributed by atoms with van der Waals surface area (Å²) in [7, 11) is -8.38. The largest absolute Gasteiger partial charge is 0.417 e. The summed E-state index contributed by atoms with van der Waals surface area (Å²) < 4.78 is 96.2. The molecule has 2 heterocycles. The van der Waals surface area contributed by atoms with Gasteiger partial charge in [-0.05, 0) is 60.4 Å². The number of hydrogen-bond acceptors (Lipinski definition) is 6. The van der Waals surface area contributed by atoms with Crippen molar-refractivity contribution in [1.29, 1.82) is 0 Å². The number of nitrogens with zero attached hydrogens (tertiary/aromatic N) is 1. The van der Waals surface area contributed by atoms with E-state index in [9.17, 15) is 34.8 Å². The number of carbonyl (C=O) groups excluding carboxylic acids is 1. The molecule has 1 saturated heterocycles. The smallest absolute Gasteiger partial charge is 0.341 e. The van der Waals surface area contributed by atoms with Crippen LogP contribution in [0, 0.1) is 6.92 Å². The van der Waals surface area contributed by atoms with E-state index in [4.69, 9.17) is 11.6 Å². The maximum absolute atomic E-state index is 13.5. The molecule has 0 radical (unpaired) electrons. The topological polar surface area (TPSA) is 138 Å². The first-order valence-electron chi connectivity index (χ1n) is 12.9. The summed E-state index contributed by atoms with van der Waals surface area (Å²) in [6.07, 6.45) is -3.53. The minimum atomic E-state index is -4.80. The molecule has 3 N–H and O–H groups in total. The van der Waals surface area contributed by atoms with Gasteiger partial charge in [0.05, 0.1) is 34.8 Å². The number of rotatable bonds is 8. The summed E-state index contributed by atoms with van der Waals surface area (Å²) in [6.45, 7) is 1.84. The van der Waals surface area contributed by atoms with E-state index < -0.39 is 53.9 Å². The van der Waals surface area contributed by atoms with E-state index in [-0.39, 0.29) is 23.1 Å². The Morgan fingerprint density at radius 1 is 1.11 bits per heavy atom. The van der Waals surface area contributed by atoms with Crippen molar-refractivity contribution < 1.29 is 34.8 Å². The van der Waals surface area contributed by atoms with Gasteiger partial charge in [0.1, 0.15) is 11.1 Å². The van der Waals surface area contributed by atoms with Crippen molar-refractivity contribution in [3.8, 4) is 11.3 Å². The third kappa shape index (κ3) is 6.86. The van der Waals surface area contributed by atoms with Gasteiger partial charge in [0.2, 0.25) is 26.0 Å². The number of carbonyl (C=O) groups is 1. The predicted octanol–water partition coefficient (Wildman–Crippen LogP) is 5.97. The molecule has 2 atom stereocenters. The predicted molar refractivity (Wildman–Crippen MR) is 161 cm³/mol. The molecule has 3 aromatic carbocycles. The molecule has 9 nitrogen and oxygen atoms in total. The second kappa shape index (κ2) is 11.9. The molecule has 0 spiro atoms. The molecule has 232 valence electrons. The van der Waals surface area contributed by atoms with Crippen LogP contribution in [0.2, 0.25) is 5.02 Å². The van der Waals surface area contributed by atoms with Crippen molar-refractivity contribution in [2.24, 2.45) is 0 Å². The number of alkyl halides is 3. The summed E-state index contributed by atoms with van der Waals surface area (Å²) >= 11 is 8.90. The zero-order valence-electron chi connectivity index (χ0n) is 22.6. The molecule has 44 heavy (non-hydrogen) atoms. The van der Waals surface area contributed by atoms with Crippen molar-refractivity contribution >= 4 is 53.5 Å². The lowest BCUT2D eigenvalue weighted by atomic mass is 10.0. The van der Waals surface area contributed by atoms with Gasteiger partial charge in [0.15, 0.2) is 0 Å². The summed E-state index contributed by atoms with van der Waals surface area (Å²) in [5.74, 6) is -0.428. The normalized spacial score (nSPS) is 17.4. The first-order valence-corrected chi connectivity index (χ1v) is 17.1. The van der Waals surface area contributed by atoms with Crippen LogP contribution >= 0.6 is 27.5 Å². The van der Waals surface area contributed by atoms with Gasteiger partial charge in [-0.1, -0.05) is 57.9 Å². The second-order valence-corrected chi connectivity index (χ2v) is 15.0. The number of aromatic amines is 1. The van der Waals surface area contributed by atoms with Crippen LogP contribution in [0.5, 0.6) is 0 Å². The standard InChI is InChI=1S/C28H23BrClF3N4O5S2/c1-15-10-18(30)6-8-20(15)24-14-34-27(35-24)23(36-43(39,40)19-7-9-22(29)21(12-19)28(31,32)33)11-16-2-4-17(5-3-16)25-13-26(38)37-44(25,41)42/h2-10,12,14,23,25,36H,11,13H2,1H3,(H,34,35)(H,37,38). The van der Waals surface area contributed by atoms with E-state index >= 15 is 0 Å². The monoisotopic (exact) mass is 730 g/mol. The average Bonchev–Trinajstić information content (AvgIpc) is 3.51. The fourth-order valence-corrected chi connectivity index (χ4v) is 8.22. The van der Waals surface area contributed by atoms with Gasteiger partial charge in [-0.2, -0.15) is 13.2 Å². The molecule has 0 saturated carbocycles. The van der Waals surface area contributed by atoms with Crippen LogP contribution in [0.3, 0.4) is 0 Å². The SMILES string of the molecule is Cc1cc(Cl)ccc1-c1cnc(C(Cc2ccc(C3CC(=O)NS3(=O)=O)cc2)NS(=O)(=O)c2ccc(Br)c(C(F)(F)F)c2)[nH]1. The first kappa shape index (κ1) is 32.2. The van der Waals surface area contributed by atoms with Crippen LogP contribution in [0.25, 0.3) is 11.3 Å². The van der Waals surface area contributed by atoms with Gasteiger partial charge in [-0.3, -0.25) is 9.52 Å². The molecule has 0 bridgehead atoms. The van der Waals surface area contributed by atoms with Crippen LogP contribution in [-0.4, -0.2) is 32.7 Å². The highest BCUT2D eigenvalue weighted by Gasteiger charge is 2.38. The first-order chi connectivity index (χ1) is 20.5. The van der Waals surface area contributed by atoms with Crippen LogP contribution in [0.15, 0.2) is 76.2 Å². The number of imidazole rings is 1. The Morgan fingerprint density at radius 2 is 1.82 bits per heavy atom. The van der Waals surface area contributed by atoms with Gasteiger partial charge in [-0.15, -0.1) is 0 Å². The fraction of sp³-hybridized carbons (Fsp3) is 0.214. The van der Waals surface area contributed by atoms with Gasteiger partial charge in [-0.25, -0.2) is 26.5 Å². The molecular weight excluding hydrogens is 709 g/mol. The fourth-order valence-electron chi connectivity index (χ4n) is 4.87. The summed E-state index contributed by atoms with van der Waals surface area (Å²) in [5.41, 5.74) is 1.91. The third-order valence-corrected chi connectivity index (χ3v) is 11.1. The molecule has 1 amide bonds. The molecule has 1 aliphatic heterocycles. The van der Waals surface area contributed by atoms with E-state index in [0.717, 1.165) is 23.3 Å². The van der Waals surface area contributed by atoms with E-state index in [1.807, 2.05) is 11.6 Å². The molecule has 2 unspecified atom stereocenters. The average molecular weight is 732 g/mol. The quantitative estimate of drug-likeness (QED) is 0.204. The molecule has 1 aliphatic rings. The number of H-pyrrole nitrogens is 1. The Kier molecular flexibility index (Phi) is 8.72. The lowest BCUT2D eigenvalue weighted by Gasteiger charge is -2.19. The van der Waals surface area contributed by atoms with Crippen molar-refractivity contribution in [2.45, 2.75) is 42.1 Å². The van der Waals surface area contributed by atoms with E-state index in [1.165, 1.54) is 18.3 Å². The van der Waals surface area contributed by atoms with Gasteiger partial charge in [0, 0.05) is 15.1 Å². The van der Waals surface area contributed by atoms with E-state index in [1.54, 1.807) is 30.3 Å². The molecule has 0 aliphatic carbocycles. The van der Waals surface area contributed by atoms with Gasteiger partial charge >= 0.3 is 6.18 Å². The van der Waals surface area contributed by atoms with E-state index in [0.29, 0.717) is 27.9 Å². The Bertz CT molecular complexity index is 1970. The highest BCUT2D eigenvalue weighted by Crippen LogP contribution is 2.37. The summed E-state index contributed by atoms with van der Waals surface area (Å²) in [5, 5.41) is -0.535. The maximum atomic E-state index is 13.5. The number of nitrogens with one attached hydrogen (secondary N) is 3. The van der Waals surface area contributed by atoms with Crippen molar-refractivity contribution in [1.82, 2.24) is 19.4 Å². The van der Waals surface area contributed by atoms with Crippen LogP contribution in [0.4, 0.5) is 13.2 Å². The minimum absolute atomic E-state index is 0.0106. The Morgan fingerprint density at radius 3 is 2.43 bits per heavy atom. The van der Waals surface area contributed by atoms with Crippen molar-refractivity contribution in [3.63, 3.8) is 0 Å². The second-order valence-electron chi connectivity index (χ2n) is 10.2. The zero-order chi connectivity index (χ0) is 32.0. The number of halogens is 5. The molecule has 4 aromatic rings. The van der Waals surface area contributed by atoms with Crippen LogP contribution < -0.4 is 9.44 Å². The van der Waals surface area contributed by atoms with Gasteiger partial charge in [0.25, 0.3) is 0 Å².